The number of carbonyl (C=O) groups is 3. The normalized spacial score (nSPS) is 19.3. The highest BCUT2D eigenvalue weighted by atomic mass is 32.2. The van der Waals surface area contributed by atoms with Crippen molar-refractivity contribution in [3.05, 3.63) is 70.6 Å². The van der Waals surface area contributed by atoms with E-state index in [1.165, 1.54) is 12.0 Å². The third-order valence-corrected chi connectivity index (χ3v) is 6.46. The summed E-state index contributed by atoms with van der Waals surface area (Å²) in [5, 5.41) is 0. The van der Waals surface area contributed by atoms with Gasteiger partial charge in [-0.25, -0.2) is 4.79 Å². The summed E-state index contributed by atoms with van der Waals surface area (Å²) >= 11 is 6.39. The molecule has 0 radical (unpaired) electrons. The van der Waals surface area contributed by atoms with Crippen LogP contribution < -0.4 is 4.90 Å². The number of amides is 2. The van der Waals surface area contributed by atoms with E-state index in [2.05, 4.69) is 0 Å². The molecule has 2 aromatic carbocycles. The van der Waals surface area contributed by atoms with Crippen LogP contribution in [0.2, 0.25) is 0 Å². The molecule has 2 aromatic rings. The summed E-state index contributed by atoms with van der Waals surface area (Å²) in [6.07, 6.45) is 0. The second-order valence-corrected chi connectivity index (χ2v) is 8.48. The maximum absolute atomic E-state index is 13.4. The van der Waals surface area contributed by atoms with Crippen molar-refractivity contribution in [1.29, 1.82) is 0 Å². The highest BCUT2D eigenvalue weighted by Crippen LogP contribution is 2.45. The monoisotopic (exact) mass is 438 g/mol. The largest absolute Gasteiger partial charge is 0.467 e. The Morgan fingerprint density at radius 2 is 1.73 bits per heavy atom. The number of rotatable bonds is 4. The second-order valence-electron chi connectivity index (χ2n) is 6.84. The molecule has 1 atom stereocenters. The van der Waals surface area contributed by atoms with Gasteiger partial charge in [-0.2, -0.15) is 0 Å². The maximum Gasteiger partial charge on any atom is 0.328 e. The van der Waals surface area contributed by atoms with Gasteiger partial charge in [-0.15, -0.1) is 0 Å². The third-order valence-electron chi connectivity index (χ3n) is 5.06. The van der Waals surface area contributed by atoms with Crippen LogP contribution in [0.1, 0.15) is 18.1 Å². The molecular formula is C22H18N2O4S2. The Morgan fingerprint density at radius 1 is 1.07 bits per heavy atom. The van der Waals surface area contributed by atoms with Crippen molar-refractivity contribution >= 4 is 57.3 Å². The van der Waals surface area contributed by atoms with Crippen LogP contribution in [0.5, 0.6) is 0 Å². The first-order chi connectivity index (χ1) is 14.4. The number of ether oxygens (including phenoxy) is 1. The first-order valence-corrected chi connectivity index (χ1v) is 10.5. The number of carbonyl (C=O) groups excluding carboxylic acids is 3. The Morgan fingerprint density at radius 3 is 2.43 bits per heavy atom. The number of thioether (sulfide) groups is 1. The van der Waals surface area contributed by atoms with Gasteiger partial charge in [0.2, 0.25) is 0 Å². The van der Waals surface area contributed by atoms with Gasteiger partial charge in [-0.1, -0.05) is 72.5 Å². The maximum atomic E-state index is 13.4. The van der Waals surface area contributed by atoms with Crippen LogP contribution >= 0.6 is 24.0 Å². The standard InChI is InChI=1S/C22H18N2O4S2/c1-13(21(27)28-2)24-20(26)18(30-22(24)29)17-15-10-6-7-11-16(15)23(19(17)25)12-14-8-4-3-5-9-14/h3-11,13H,12H2,1-2H3/b18-17-. The van der Waals surface area contributed by atoms with Crippen LogP contribution in [0.25, 0.3) is 5.57 Å². The van der Waals surface area contributed by atoms with Crippen molar-refractivity contribution in [3.8, 4) is 0 Å². The highest BCUT2D eigenvalue weighted by Gasteiger charge is 2.44. The van der Waals surface area contributed by atoms with Gasteiger partial charge < -0.3 is 9.64 Å². The van der Waals surface area contributed by atoms with Crippen molar-refractivity contribution in [2.24, 2.45) is 0 Å². The van der Waals surface area contributed by atoms with E-state index >= 15 is 0 Å². The van der Waals surface area contributed by atoms with E-state index in [0.717, 1.165) is 23.0 Å². The lowest BCUT2D eigenvalue weighted by molar-refractivity contribution is -0.147. The molecule has 2 aliphatic heterocycles. The van der Waals surface area contributed by atoms with E-state index in [0.29, 0.717) is 17.7 Å². The van der Waals surface area contributed by atoms with E-state index in [1.54, 1.807) is 11.8 Å². The summed E-state index contributed by atoms with van der Waals surface area (Å²) in [6.45, 7) is 1.94. The summed E-state index contributed by atoms with van der Waals surface area (Å²) in [5.74, 6) is -1.28. The Bertz CT molecular complexity index is 1100. The fourth-order valence-corrected chi connectivity index (χ4v) is 5.05. The predicted molar refractivity (Wildman–Crippen MR) is 120 cm³/mol. The quantitative estimate of drug-likeness (QED) is 0.414. The van der Waals surface area contributed by atoms with Crippen LogP contribution in [-0.4, -0.2) is 40.2 Å². The van der Waals surface area contributed by atoms with E-state index < -0.39 is 17.9 Å². The van der Waals surface area contributed by atoms with E-state index in [4.69, 9.17) is 17.0 Å². The van der Waals surface area contributed by atoms with Crippen molar-refractivity contribution in [2.45, 2.75) is 19.5 Å². The van der Waals surface area contributed by atoms with E-state index in [1.807, 2.05) is 54.6 Å². The summed E-state index contributed by atoms with van der Waals surface area (Å²) in [5.41, 5.74) is 2.73. The van der Waals surface area contributed by atoms with Gasteiger partial charge in [-0.05, 0) is 18.6 Å². The van der Waals surface area contributed by atoms with Crippen LogP contribution in [0.15, 0.2) is 59.5 Å². The number of hydrogen-bond acceptors (Lipinski definition) is 6. The molecular weight excluding hydrogens is 420 g/mol. The molecule has 0 bridgehead atoms. The molecule has 1 fully saturated rings. The van der Waals surface area contributed by atoms with Crippen molar-refractivity contribution in [1.82, 2.24) is 4.90 Å². The fourth-order valence-electron chi connectivity index (χ4n) is 3.56. The lowest BCUT2D eigenvalue weighted by Gasteiger charge is -2.20. The molecule has 152 valence electrons. The Hall–Kier alpha value is -2.97. The smallest absolute Gasteiger partial charge is 0.328 e. The van der Waals surface area contributed by atoms with Gasteiger partial charge >= 0.3 is 5.97 Å². The van der Waals surface area contributed by atoms with Gasteiger partial charge in [0, 0.05) is 5.56 Å². The molecule has 2 amide bonds. The van der Waals surface area contributed by atoms with Crippen LogP contribution in [0, 0.1) is 0 Å². The molecule has 0 spiro atoms. The van der Waals surface area contributed by atoms with Gasteiger partial charge in [0.25, 0.3) is 11.8 Å². The van der Waals surface area contributed by atoms with E-state index in [-0.39, 0.29) is 15.1 Å². The molecule has 2 aliphatic rings. The fraction of sp³-hybridized carbons (Fsp3) is 0.182. The molecule has 0 aliphatic carbocycles. The first kappa shape index (κ1) is 20.3. The number of fused-ring (bicyclic) bond motifs is 1. The van der Waals surface area contributed by atoms with Crippen LogP contribution in [0.3, 0.4) is 0 Å². The zero-order chi connectivity index (χ0) is 21.4. The number of esters is 1. The van der Waals surface area contributed by atoms with Crippen molar-refractivity contribution < 1.29 is 19.1 Å². The number of methoxy groups -OCH3 is 1. The third kappa shape index (κ3) is 3.32. The van der Waals surface area contributed by atoms with E-state index in [9.17, 15) is 14.4 Å². The molecule has 1 unspecified atom stereocenters. The summed E-state index contributed by atoms with van der Waals surface area (Å²) in [7, 11) is 1.26. The number of para-hydroxylation sites is 1. The number of thiocarbonyl (C=S) groups is 1. The predicted octanol–water partition coefficient (Wildman–Crippen LogP) is 3.37. The Kier molecular flexibility index (Phi) is 5.44. The van der Waals surface area contributed by atoms with Gasteiger partial charge in [0.1, 0.15) is 10.4 Å². The van der Waals surface area contributed by atoms with Crippen molar-refractivity contribution in [3.63, 3.8) is 0 Å². The number of hydrogen-bond donors (Lipinski definition) is 0. The molecule has 8 heteroatoms. The Balaban J connectivity index is 1.76. The SMILES string of the molecule is COC(=O)C(C)N1C(=O)/C(=C2/C(=O)N(Cc3ccccc3)c3ccccc32)SC1=S. The van der Waals surface area contributed by atoms with Crippen LogP contribution in [0.4, 0.5) is 5.69 Å². The lowest BCUT2D eigenvalue weighted by atomic mass is 10.1. The minimum atomic E-state index is -0.868. The minimum Gasteiger partial charge on any atom is -0.467 e. The summed E-state index contributed by atoms with van der Waals surface area (Å²) < 4.78 is 4.98. The molecule has 6 nitrogen and oxygen atoms in total. The lowest BCUT2D eigenvalue weighted by Crippen LogP contribution is -2.42. The average molecular weight is 439 g/mol. The molecule has 0 saturated carbocycles. The Labute approximate surface area is 183 Å². The zero-order valence-corrected chi connectivity index (χ0v) is 18.0. The summed E-state index contributed by atoms with van der Waals surface area (Å²) in [4.78, 5) is 41.7. The molecule has 0 aromatic heterocycles. The first-order valence-electron chi connectivity index (χ1n) is 9.26. The highest BCUT2D eigenvalue weighted by molar-refractivity contribution is 8.26. The molecule has 30 heavy (non-hydrogen) atoms. The van der Waals surface area contributed by atoms with Gasteiger partial charge in [0.15, 0.2) is 0 Å². The second kappa shape index (κ2) is 8.04. The number of anilines is 1. The molecule has 4 rings (SSSR count). The minimum absolute atomic E-state index is 0.229. The van der Waals surface area contributed by atoms with Crippen molar-refractivity contribution in [2.75, 3.05) is 12.0 Å². The topological polar surface area (TPSA) is 66.9 Å². The molecule has 1 saturated heterocycles. The van der Waals surface area contributed by atoms with Crippen LogP contribution in [-0.2, 0) is 25.7 Å². The van der Waals surface area contributed by atoms with Gasteiger partial charge in [0.05, 0.1) is 29.8 Å². The van der Waals surface area contributed by atoms with Gasteiger partial charge in [-0.3, -0.25) is 14.5 Å². The average Bonchev–Trinajstić information content (AvgIpc) is 3.20. The summed E-state index contributed by atoms with van der Waals surface area (Å²) in [6, 6.07) is 16.2. The number of benzene rings is 2. The zero-order valence-electron chi connectivity index (χ0n) is 16.3. The number of nitrogens with zero attached hydrogens (tertiary/aromatic N) is 2. The molecule has 0 N–H and O–H groups in total. The molecule has 2 heterocycles.